The number of guanidine groups is 1. The van der Waals surface area contributed by atoms with Gasteiger partial charge in [-0.1, -0.05) is 55.0 Å². The summed E-state index contributed by atoms with van der Waals surface area (Å²) < 4.78 is 25.7. The van der Waals surface area contributed by atoms with E-state index >= 15 is 0 Å². The van der Waals surface area contributed by atoms with Gasteiger partial charge in [-0.3, -0.25) is 4.72 Å². The Morgan fingerprint density at radius 1 is 1.07 bits per heavy atom. The van der Waals surface area contributed by atoms with E-state index in [1.54, 1.807) is 12.1 Å². The smallest absolute Gasteiger partial charge is 0.229 e. The number of sulfonamides is 1. The van der Waals surface area contributed by atoms with Crippen LogP contribution in [0.4, 0.5) is 5.69 Å². The third-order valence-electron chi connectivity index (χ3n) is 4.29. The van der Waals surface area contributed by atoms with Gasteiger partial charge in [-0.25, -0.2) is 13.4 Å². The summed E-state index contributed by atoms with van der Waals surface area (Å²) in [6.45, 7) is 8.13. The van der Waals surface area contributed by atoms with E-state index in [0.717, 1.165) is 24.9 Å². The van der Waals surface area contributed by atoms with Gasteiger partial charge in [0.25, 0.3) is 0 Å². The molecule has 0 heterocycles. The van der Waals surface area contributed by atoms with Gasteiger partial charge < -0.3 is 10.6 Å². The zero-order chi connectivity index (χ0) is 20.6. The zero-order valence-corrected chi connectivity index (χ0v) is 17.8. The van der Waals surface area contributed by atoms with Crippen molar-refractivity contribution in [1.29, 1.82) is 0 Å². The fraction of sp³-hybridized carbons (Fsp3) is 0.381. The monoisotopic (exact) mass is 402 g/mol. The third-order valence-corrected chi connectivity index (χ3v) is 4.88. The highest BCUT2D eigenvalue weighted by Gasteiger charge is 2.09. The lowest BCUT2D eigenvalue weighted by Gasteiger charge is -2.17. The highest BCUT2D eigenvalue weighted by Crippen LogP contribution is 2.17. The number of nitrogens with zero attached hydrogens (tertiary/aromatic N) is 1. The fourth-order valence-electron chi connectivity index (χ4n) is 2.73. The minimum atomic E-state index is -3.33. The Bertz CT molecular complexity index is 893. The van der Waals surface area contributed by atoms with Crippen LogP contribution in [0.3, 0.4) is 0 Å². The summed E-state index contributed by atoms with van der Waals surface area (Å²) in [5, 5.41) is 6.61. The van der Waals surface area contributed by atoms with E-state index in [1.807, 2.05) is 19.1 Å². The molecule has 0 aliphatic heterocycles. The van der Waals surface area contributed by atoms with Crippen LogP contribution < -0.4 is 15.4 Å². The molecule has 0 spiro atoms. The summed E-state index contributed by atoms with van der Waals surface area (Å²) in [5.41, 5.74) is 3.89. The molecule has 0 bridgehead atoms. The fourth-order valence-corrected chi connectivity index (χ4v) is 3.32. The molecule has 0 saturated heterocycles. The highest BCUT2D eigenvalue weighted by molar-refractivity contribution is 7.92. The lowest BCUT2D eigenvalue weighted by molar-refractivity contribution is 0.606. The van der Waals surface area contributed by atoms with Gasteiger partial charge in [-0.15, -0.1) is 0 Å². The summed E-state index contributed by atoms with van der Waals surface area (Å²) in [6.07, 6.45) is 1.14. The summed E-state index contributed by atoms with van der Waals surface area (Å²) in [6, 6.07) is 15.8. The van der Waals surface area contributed by atoms with Crippen LogP contribution in [-0.2, 0) is 16.6 Å². The molecular weight excluding hydrogens is 372 g/mol. The number of aryl methyl sites for hydroxylation is 1. The maximum absolute atomic E-state index is 11.6. The molecule has 2 aromatic carbocycles. The molecule has 28 heavy (non-hydrogen) atoms. The molecule has 0 saturated carbocycles. The van der Waals surface area contributed by atoms with Crippen molar-refractivity contribution in [3.8, 4) is 0 Å². The topological polar surface area (TPSA) is 82.6 Å². The largest absolute Gasteiger partial charge is 0.357 e. The number of hydrogen-bond donors (Lipinski definition) is 3. The zero-order valence-electron chi connectivity index (χ0n) is 17.0. The molecule has 2 aromatic rings. The predicted molar refractivity (Wildman–Crippen MR) is 117 cm³/mol. The SMILES string of the molecule is CCNC(=NCc1ccccc1NS(C)(=O)=O)NCC(C)c1ccc(C)cc1. The van der Waals surface area contributed by atoms with Gasteiger partial charge in [0.1, 0.15) is 0 Å². The molecule has 1 unspecified atom stereocenters. The van der Waals surface area contributed by atoms with Crippen LogP contribution in [0.2, 0.25) is 0 Å². The Balaban J connectivity index is 2.05. The molecular formula is C21H30N4O2S. The minimum Gasteiger partial charge on any atom is -0.357 e. The van der Waals surface area contributed by atoms with Gasteiger partial charge in [-0.05, 0) is 37.0 Å². The number of para-hydroxylation sites is 1. The first-order valence-corrected chi connectivity index (χ1v) is 11.3. The molecule has 0 radical (unpaired) electrons. The maximum atomic E-state index is 11.6. The molecule has 2 rings (SSSR count). The first-order chi connectivity index (χ1) is 13.3. The number of anilines is 1. The second-order valence-electron chi connectivity index (χ2n) is 6.92. The van der Waals surface area contributed by atoms with Crippen LogP contribution in [0, 0.1) is 6.92 Å². The van der Waals surface area contributed by atoms with Crippen LogP contribution in [-0.4, -0.2) is 33.7 Å². The van der Waals surface area contributed by atoms with Crippen molar-refractivity contribution in [3.63, 3.8) is 0 Å². The lowest BCUT2D eigenvalue weighted by Crippen LogP contribution is -2.39. The Kier molecular flexibility index (Phi) is 7.87. The average Bonchev–Trinajstić information content (AvgIpc) is 2.64. The van der Waals surface area contributed by atoms with E-state index in [1.165, 1.54) is 11.1 Å². The van der Waals surface area contributed by atoms with Crippen LogP contribution in [0.5, 0.6) is 0 Å². The molecule has 0 aliphatic carbocycles. The van der Waals surface area contributed by atoms with E-state index in [0.29, 0.717) is 24.1 Å². The van der Waals surface area contributed by atoms with Crippen LogP contribution in [0.25, 0.3) is 0 Å². The second-order valence-corrected chi connectivity index (χ2v) is 8.67. The lowest BCUT2D eigenvalue weighted by atomic mass is 10.0. The quantitative estimate of drug-likeness (QED) is 0.468. The number of hydrogen-bond acceptors (Lipinski definition) is 3. The summed E-state index contributed by atoms with van der Waals surface area (Å²) >= 11 is 0. The van der Waals surface area contributed by atoms with Crippen molar-refractivity contribution in [2.75, 3.05) is 24.1 Å². The second kappa shape index (κ2) is 10.1. The Labute approximate surface area is 168 Å². The van der Waals surface area contributed by atoms with Gasteiger partial charge in [0.05, 0.1) is 18.5 Å². The van der Waals surface area contributed by atoms with E-state index in [4.69, 9.17) is 0 Å². The molecule has 3 N–H and O–H groups in total. The first-order valence-electron chi connectivity index (χ1n) is 9.43. The Morgan fingerprint density at radius 3 is 2.39 bits per heavy atom. The summed E-state index contributed by atoms with van der Waals surface area (Å²) in [5.74, 6) is 1.04. The van der Waals surface area contributed by atoms with Gasteiger partial charge >= 0.3 is 0 Å². The first kappa shape index (κ1) is 21.8. The van der Waals surface area contributed by atoms with E-state index < -0.39 is 10.0 Å². The molecule has 0 aromatic heterocycles. The van der Waals surface area contributed by atoms with E-state index in [2.05, 4.69) is 58.5 Å². The van der Waals surface area contributed by atoms with Crippen molar-refractivity contribution in [1.82, 2.24) is 10.6 Å². The van der Waals surface area contributed by atoms with Crippen LogP contribution in [0.15, 0.2) is 53.5 Å². The predicted octanol–water partition coefficient (Wildman–Crippen LogP) is 3.23. The molecule has 0 fully saturated rings. The Morgan fingerprint density at radius 2 is 1.75 bits per heavy atom. The van der Waals surface area contributed by atoms with E-state index in [9.17, 15) is 8.42 Å². The van der Waals surface area contributed by atoms with Gasteiger partial charge in [-0.2, -0.15) is 0 Å². The maximum Gasteiger partial charge on any atom is 0.229 e. The molecule has 7 heteroatoms. The normalized spacial score (nSPS) is 13.1. The standard InChI is InChI=1S/C21H30N4O2S/c1-5-22-21(23-14-17(3)18-12-10-16(2)11-13-18)24-15-19-8-6-7-9-20(19)25-28(4,26)27/h6-13,17,25H,5,14-15H2,1-4H3,(H2,22,23,24). The van der Waals surface area contributed by atoms with Crippen molar-refractivity contribution in [3.05, 3.63) is 65.2 Å². The van der Waals surface area contributed by atoms with Gasteiger partial charge in [0.15, 0.2) is 5.96 Å². The molecule has 6 nitrogen and oxygen atoms in total. The van der Waals surface area contributed by atoms with Crippen molar-refractivity contribution >= 4 is 21.7 Å². The minimum absolute atomic E-state index is 0.337. The van der Waals surface area contributed by atoms with Crippen molar-refractivity contribution in [2.45, 2.75) is 33.2 Å². The summed E-state index contributed by atoms with van der Waals surface area (Å²) in [7, 11) is -3.33. The summed E-state index contributed by atoms with van der Waals surface area (Å²) in [4.78, 5) is 4.61. The molecule has 0 aliphatic rings. The van der Waals surface area contributed by atoms with E-state index in [-0.39, 0.29) is 0 Å². The third kappa shape index (κ3) is 7.23. The van der Waals surface area contributed by atoms with Gasteiger partial charge in [0, 0.05) is 13.1 Å². The highest BCUT2D eigenvalue weighted by atomic mass is 32.2. The van der Waals surface area contributed by atoms with Crippen LogP contribution >= 0.6 is 0 Å². The van der Waals surface area contributed by atoms with Crippen LogP contribution in [0.1, 0.15) is 36.5 Å². The number of rotatable bonds is 8. The molecule has 152 valence electrons. The number of nitrogens with one attached hydrogen (secondary N) is 3. The number of benzene rings is 2. The molecule has 0 amide bonds. The average molecular weight is 403 g/mol. The molecule has 1 atom stereocenters. The Hall–Kier alpha value is -2.54. The number of aliphatic imine (C=N–C) groups is 1. The van der Waals surface area contributed by atoms with Crippen molar-refractivity contribution < 1.29 is 8.42 Å². The van der Waals surface area contributed by atoms with Crippen molar-refractivity contribution in [2.24, 2.45) is 4.99 Å². The van der Waals surface area contributed by atoms with Gasteiger partial charge in [0.2, 0.25) is 10.0 Å².